The molecule has 1 unspecified atom stereocenters. The Balaban J connectivity index is 2.35. The molecule has 1 N–H and O–H groups in total. The van der Waals surface area contributed by atoms with Gasteiger partial charge in [-0.15, -0.1) is 0 Å². The van der Waals surface area contributed by atoms with Crippen LogP contribution in [-0.4, -0.2) is 14.9 Å². The molecule has 0 spiro atoms. The van der Waals surface area contributed by atoms with Crippen molar-refractivity contribution >= 4 is 0 Å². The molecule has 0 amide bonds. The molecule has 0 aliphatic carbocycles. The van der Waals surface area contributed by atoms with Crippen LogP contribution in [0.1, 0.15) is 30.0 Å². The van der Waals surface area contributed by atoms with Crippen molar-refractivity contribution < 1.29 is 9.50 Å². The van der Waals surface area contributed by atoms with Gasteiger partial charge in [-0.1, -0.05) is 12.1 Å². The van der Waals surface area contributed by atoms with E-state index in [0.29, 0.717) is 12.1 Å². The standard InChI is InChI=1S/C13H15FN2O/c1-3-16-12(8-9(2)15-16)13(17)10-4-6-11(14)7-5-10/h4-8,13,17H,3H2,1-2H3. The average molecular weight is 234 g/mol. The van der Waals surface area contributed by atoms with Crippen LogP contribution in [0.25, 0.3) is 0 Å². The van der Waals surface area contributed by atoms with Crippen LogP contribution in [-0.2, 0) is 6.54 Å². The van der Waals surface area contributed by atoms with E-state index in [1.165, 1.54) is 12.1 Å². The number of nitrogens with zero attached hydrogens (tertiary/aromatic N) is 2. The van der Waals surface area contributed by atoms with Crippen LogP contribution in [0.15, 0.2) is 30.3 Å². The van der Waals surface area contributed by atoms with Gasteiger partial charge in [0.25, 0.3) is 0 Å². The van der Waals surface area contributed by atoms with Crippen molar-refractivity contribution in [1.82, 2.24) is 9.78 Å². The number of benzene rings is 1. The second-order valence-electron chi connectivity index (χ2n) is 3.98. The largest absolute Gasteiger partial charge is 0.382 e. The molecule has 1 atom stereocenters. The van der Waals surface area contributed by atoms with Crippen molar-refractivity contribution in [3.63, 3.8) is 0 Å². The highest BCUT2D eigenvalue weighted by Gasteiger charge is 2.16. The molecule has 0 saturated heterocycles. The number of halogens is 1. The Bertz CT molecular complexity index is 505. The van der Waals surface area contributed by atoms with Gasteiger partial charge >= 0.3 is 0 Å². The van der Waals surface area contributed by atoms with Gasteiger partial charge < -0.3 is 5.11 Å². The number of aliphatic hydroxyl groups excluding tert-OH is 1. The highest BCUT2D eigenvalue weighted by molar-refractivity contribution is 5.27. The lowest BCUT2D eigenvalue weighted by atomic mass is 10.1. The summed E-state index contributed by atoms with van der Waals surface area (Å²) < 4.78 is 14.6. The second kappa shape index (κ2) is 4.67. The summed E-state index contributed by atoms with van der Waals surface area (Å²) >= 11 is 0. The lowest BCUT2D eigenvalue weighted by Gasteiger charge is -2.12. The average Bonchev–Trinajstić information content (AvgIpc) is 2.70. The summed E-state index contributed by atoms with van der Waals surface area (Å²) in [5.41, 5.74) is 2.26. The van der Waals surface area contributed by atoms with E-state index < -0.39 is 6.10 Å². The first-order valence-corrected chi connectivity index (χ1v) is 5.59. The minimum Gasteiger partial charge on any atom is -0.382 e. The summed E-state index contributed by atoms with van der Waals surface area (Å²) in [5, 5.41) is 14.5. The lowest BCUT2D eigenvalue weighted by molar-refractivity contribution is 0.208. The number of aliphatic hydroxyl groups is 1. The highest BCUT2D eigenvalue weighted by atomic mass is 19.1. The molecule has 2 rings (SSSR count). The Morgan fingerprint density at radius 3 is 2.59 bits per heavy atom. The maximum Gasteiger partial charge on any atom is 0.123 e. The van der Waals surface area contributed by atoms with Gasteiger partial charge in [0.2, 0.25) is 0 Å². The van der Waals surface area contributed by atoms with Crippen LogP contribution in [0.4, 0.5) is 4.39 Å². The Morgan fingerprint density at radius 1 is 1.35 bits per heavy atom. The Hall–Kier alpha value is -1.68. The van der Waals surface area contributed by atoms with E-state index in [9.17, 15) is 9.50 Å². The van der Waals surface area contributed by atoms with Crippen LogP contribution >= 0.6 is 0 Å². The fourth-order valence-corrected chi connectivity index (χ4v) is 1.85. The van der Waals surface area contributed by atoms with Gasteiger partial charge in [0, 0.05) is 6.54 Å². The zero-order chi connectivity index (χ0) is 12.4. The molecule has 3 nitrogen and oxygen atoms in total. The summed E-state index contributed by atoms with van der Waals surface area (Å²) in [6.07, 6.45) is -0.767. The monoisotopic (exact) mass is 234 g/mol. The number of hydrogen-bond donors (Lipinski definition) is 1. The first-order valence-electron chi connectivity index (χ1n) is 5.59. The number of aromatic nitrogens is 2. The first-order chi connectivity index (χ1) is 8.11. The summed E-state index contributed by atoms with van der Waals surface area (Å²) in [4.78, 5) is 0. The van der Waals surface area contributed by atoms with E-state index in [1.807, 2.05) is 19.9 Å². The smallest absolute Gasteiger partial charge is 0.123 e. The molecule has 1 heterocycles. The summed E-state index contributed by atoms with van der Waals surface area (Å²) in [6, 6.07) is 7.71. The van der Waals surface area contributed by atoms with E-state index >= 15 is 0 Å². The molecule has 90 valence electrons. The van der Waals surface area contributed by atoms with Crippen molar-refractivity contribution in [2.45, 2.75) is 26.5 Å². The molecule has 17 heavy (non-hydrogen) atoms. The van der Waals surface area contributed by atoms with Gasteiger partial charge in [0.1, 0.15) is 11.9 Å². The number of rotatable bonds is 3. The molecule has 0 saturated carbocycles. The lowest BCUT2D eigenvalue weighted by Crippen LogP contribution is -2.09. The summed E-state index contributed by atoms with van der Waals surface area (Å²) in [7, 11) is 0. The molecule has 1 aromatic heterocycles. The number of hydrogen-bond acceptors (Lipinski definition) is 2. The van der Waals surface area contributed by atoms with Gasteiger partial charge in [-0.3, -0.25) is 4.68 Å². The van der Waals surface area contributed by atoms with Crippen molar-refractivity contribution in [3.05, 3.63) is 53.1 Å². The van der Waals surface area contributed by atoms with Crippen molar-refractivity contribution in [1.29, 1.82) is 0 Å². The van der Waals surface area contributed by atoms with Crippen LogP contribution in [0.3, 0.4) is 0 Å². The minimum atomic E-state index is -0.767. The maximum absolute atomic E-state index is 12.8. The van der Waals surface area contributed by atoms with Crippen LogP contribution in [0.2, 0.25) is 0 Å². The third-order valence-corrected chi connectivity index (χ3v) is 2.70. The van der Waals surface area contributed by atoms with Gasteiger partial charge in [-0.2, -0.15) is 5.10 Å². The molecule has 0 aliphatic rings. The topological polar surface area (TPSA) is 38.0 Å². The quantitative estimate of drug-likeness (QED) is 0.885. The zero-order valence-corrected chi connectivity index (χ0v) is 9.89. The Kier molecular flexibility index (Phi) is 3.24. The molecule has 0 fully saturated rings. The Morgan fingerprint density at radius 2 is 2.00 bits per heavy atom. The molecule has 4 heteroatoms. The zero-order valence-electron chi connectivity index (χ0n) is 9.89. The normalized spacial score (nSPS) is 12.7. The van der Waals surface area contributed by atoms with Gasteiger partial charge in [0.05, 0.1) is 11.4 Å². The predicted molar refractivity (Wildman–Crippen MR) is 63.1 cm³/mol. The van der Waals surface area contributed by atoms with Crippen molar-refractivity contribution in [3.8, 4) is 0 Å². The molecule has 1 aromatic carbocycles. The van der Waals surface area contributed by atoms with Gasteiger partial charge in [0.15, 0.2) is 0 Å². The Labute approximate surface area is 99.5 Å². The third-order valence-electron chi connectivity index (χ3n) is 2.70. The molecular weight excluding hydrogens is 219 g/mol. The van der Waals surface area contributed by atoms with E-state index in [0.717, 1.165) is 11.4 Å². The van der Waals surface area contributed by atoms with E-state index in [2.05, 4.69) is 5.10 Å². The molecular formula is C13H15FN2O. The predicted octanol–water partition coefficient (Wildman–Crippen LogP) is 2.43. The molecule has 2 aromatic rings. The van der Waals surface area contributed by atoms with Gasteiger partial charge in [-0.05, 0) is 37.6 Å². The minimum absolute atomic E-state index is 0.305. The van der Waals surface area contributed by atoms with Crippen LogP contribution in [0, 0.1) is 12.7 Å². The first kappa shape index (κ1) is 11.8. The SMILES string of the molecule is CCn1nc(C)cc1C(O)c1ccc(F)cc1. The van der Waals surface area contributed by atoms with Crippen molar-refractivity contribution in [2.75, 3.05) is 0 Å². The highest BCUT2D eigenvalue weighted by Crippen LogP contribution is 2.22. The van der Waals surface area contributed by atoms with Crippen LogP contribution in [0.5, 0.6) is 0 Å². The van der Waals surface area contributed by atoms with E-state index in [-0.39, 0.29) is 5.82 Å². The summed E-state index contributed by atoms with van der Waals surface area (Å²) in [6.45, 7) is 4.54. The third kappa shape index (κ3) is 2.36. The molecule has 0 radical (unpaired) electrons. The van der Waals surface area contributed by atoms with Gasteiger partial charge in [-0.25, -0.2) is 4.39 Å². The maximum atomic E-state index is 12.8. The van der Waals surface area contributed by atoms with Crippen LogP contribution < -0.4 is 0 Å². The van der Waals surface area contributed by atoms with E-state index in [1.54, 1.807) is 16.8 Å². The van der Waals surface area contributed by atoms with E-state index in [4.69, 9.17) is 0 Å². The van der Waals surface area contributed by atoms with Crippen molar-refractivity contribution in [2.24, 2.45) is 0 Å². The summed E-state index contributed by atoms with van der Waals surface area (Å²) in [5.74, 6) is -0.305. The fraction of sp³-hybridized carbons (Fsp3) is 0.308. The number of aryl methyl sites for hydroxylation is 2. The molecule has 0 bridgehead atoms. The molecule has 0 aliphatic heterocycles. The second-order valence-corrected chi connectivity index (χ2v) is 3.98. The fourth-order valence-electron chi connectivity index (χ4n) is 1.85.